The van der Waals surface area contributed by atoms with Crippen LogP contribution in [0, 0.1) is 6.92 Å². The monoisotopic (exact) mass is 278 g/mol. The molecule has 0 atom stereocenters. The van der Waals surface area contributed by atoms with Crippen molar-refractivity contribution in [1.29, 1.82) is 0 Å². The average molecular weight is 278 g/mol. The van der Waals surface area contributed by atoms with Crippen LogP contribution in [0.2, 0.25) is 0 Å². The highest BCUT2D eigenvalue weighted by Crippen LogP contribution is 2.22. The van der Waals surface area contributed by atoms with Gasteiger partial charge in [-0.3, -0.25) is 0 Å². The van der Waals surface area contributed by atoms with Gasteiger partial charge in [0.2, 0.25) is 0 Å². The molecule has 0 radical (unpaired) electrons. The van der Waals surface area contributed by atoms with Gasteiger partial charge in [0.25, 0.3) is 0 Å². The maximum atomic E-state index is 5.67. The number of aromatic nitrogens is 2. The molecule has 2 aromatic carbocycles. The molecule has 0 unspecified atom stereocenters. The molecule has 1 aromatic heterocycles. The highest BCUT2D eigenvalue weighted by atomic mass is 15.2. The lowest BCUT2D eigenvalue weighted by Crippen LogP contribution is -2.05. The van der Waals surface area contributed by atoms with Gasteiger partial charge in [0.05, 0.1) is 5.69 Å². The topological polar surface area (TPSA) is 63.8 Å². The molecule has 4 nitrogen and oxygen atoms in total. The van der Waals surface area contributed by atoms with Gasteiger partial charge in [-0.1, -0.05) is 48.5 Å². The molecule has 3 aromatic rings. The number of hydrogen-bond acceptors (Lipinski definition) is 4. The normalized spacial score (nSPS) is 10.8. The van der Waals surface area contributed by atoms with Crippen LogP contribution in [0.25, 0.3) is 10.8 Å². The third-order valence-electron chi connectivity index (χ3n) is 3.56. The van der Waals surface area contributed by atoms with Gasteiger partial charge in [0.15, 0.2) is 5.82 Å². The standard InChI is InChI=1S/C17H18N4/c1-12-15-7-2-3-8-16(15)17(21-20-12)19-11-14-6-4-5-13(9-14)10-18/h2-9H,10-11,18H2,1H3,(H,19,21). The highest BCUT2D eigenvalue weighted by molar-refractivity contribution is 5.92. The zero-order valence-electron chi connectivity index (χ0n) is 12.0. The molecule has 0 saturated heterocycles. The summed E-state index contributed by atoms with van der Waals surface area (Å²) >= 11 is 0. The Morgan fingerprint density at radius 1 is 0.952 bits per heavy atom. The molecule has 1 heterocycles. The second-order valence-corrected chi connectivity index (χ2v) is 5.06. The quantitative estimate of drug-likeness (QED) is 0.770. The van der Waals surface area contributed by atoms with Crippen LogP contribution < -0.4 is 11.1 Å². The van der Waals surface area contributed by atoms with E-state index in [0.717, 1.165) is 27.8 Å². The van der Waals surface area contributed by atoms with Crippen molar-refractivity contribution in [3.8, 4) is 0 Å². The van der Waals surface area contributed by atoms with E-state index < -0.39 is 0 Å². The van der Waals surface area contributed by atoms with Crippen molar-refractivity contribution >= 4 is 16.6 Å². The number of hydrogen-bond donors (Lipinski definition) is 2. The van der Waals surface area contributed by atoms with Gasteiger partial charge in [-0.2, -0.15) is 5.10 Å². The first-order valence-corrected chi connectivity index (χ1v) is 7.01. The van der Waals surface area contributed by atoms with Gasteiger partial charge >= 0.3 is 0 Å². The summed E-state index contributed by atoms with van der Waals surface area (Å²) in [4.78, 5) is 0. The summed E-state index contributed by atoms with van der Waals surface area (Å²) in [7, 11) is 0. The maximum Gasteiger partial charge on any atom is 0.156 e. The van der Waals surface area contributed by atoms with Crippen LogP contribution in [0.5, 0.6) is 0 Å². The fourth-order valence-electron chi connectivity index (χ4n) is 2.42. The van der Waals surface area contributed by atoms with E-state index >= 15 is 0 Å². The van der Waals surface area contributed by atoms with E-state index in [1.54, 1.807) is 0 Å². The van der Waals surface area contributed by atoms with Crippen molar-refractivity contribution in [1.82, 2.24) is 10.2 Å². The van der Waals surface area contributed by atoms with Crippen LogP contribution in [-0.2, 0) is 13.1 Å². The Morgan fingerprint density at radius 3 is 2.52 bits per heavy atom. The van der Waals surface area contributed by atoms with Crippen LogP contribution in [0.4, 0.5) is 5.82 Å². The van der Waals surface area contributed by atoms with E-state index in [1.165, 1.54) is 5.56 Å². The predicted molar refractivity (Wildman–Crippen MR) is 85.9 cm³/mol. The number of fused-ring (bicyclic) bond motifs is 1. The number of nitrogens with zero attached hydrogens (tertiary/aromatic N) is 2. The third kappa shape index (κ3) is 2.85. The molecule has 3 N–H and O–H groups in total. The molecule has 0 saturated carbocycles. The lowest BCUT2D eigenvalue weighted by molar-refractivity contribution is 0.980. The van der Waals surface area contributed by atoms with Gasteiger partial charge in [0.1, 0.15) is 0 Å². The first kappa shape index (κ1) is 13.5. The van der Waals surface area contributed by atoms with E-state index in [0.29, 0.717) is 13.1 Å². The molecule has 0 amide bonds. The Balaban J connectivity index is 1.87. The van der Waals surface area contributed by atoms with Crippen LogP contribution in [0.1, 0.15) is 16.8 Å². The number of nitrogens with two attached hydrogens (primary N) is 1. The third-order valence-corrected chi connectivity index (χ3v) is 3.56. The zero-order valence-corrected chi connectivity index (χ0v) is 12.0. The van der Waals surface area contributed by atoms with Crippen molar-refractivity contribution in [2.75, 3.05) is 5.32 Å². The van der Waals surface area contributed by atoms with E-state index in [-0.39, 0.29) is 0 Å². The Bertz CT molecular complexity index is 768. The van der Waals surface area contributed by atoms with Crippen molar-refractivity contribution in [3.63, 3.8) is 0 Å². The second kappa shape index (κ2) is 5.89. The molecule has 0 aliphatic heterocycles. The Hall–Kier alpha value is -2.46. The first-order valence-electron chi connectivity index (χ1n) is 7.01. The van der Waals surface area contributed by atoms with Crippen molar-refractivity contribution in [2.45, 2.75) is 20.0 Å². The fourth-order valence-corrected chi connectivity index (χ4v) is 2.42. The van der Waals surface area contributed by atoms with Gasteiger partial charge in [-0.25, -0.2) is 0 Å². The molecular formula is C17H18N4. The zero-order chi connectivity index (χ0) is 14.7. The number of anilines is 1. The van der Waals surface area contributed by atoms with Crippen molar-refractivity contribution in [2.24, 2.45) is 5.73 Å². The van der Waals surface area contributed by atoms with Gasteiger partial charge in [-0.15, -0.1) is 5.10 Å². The lowest BCUT2D eigenvalue weighted by atomic mass is 10.1. The van der Waals surface area contributed by atoms with Crippen LogP contribution in [-0.4, -0.2) is 10.2 Å². The Labute approximate surface area is 124 Å². The Kier molecular flexibility index (Phi) is 3.79. The minimum Gasteiger partial charge on any atom is -0.364 e. The summed E-state index contributed by atoms with van der Waals surface area (Å²) in [6.07, 6.45) is 0. The molecule has 106 valence electrons. The lowest BCUT2D eigenvalue weighted by Gasteiger charge is -2.10. The molecule has 21 heavy (non-hydrogen) atoms. The number of nitrogens with one attached hydrogen (secondary N) is 1. The molecule has 3 rings (SSSR count). The van der Waals surface area contributed by atoms with Crippen LogP contribution in [0.3, 0.4) is 0 Å². The molecular weight excluding hydrogens is 260 g/mol. The van der Waals surface area contributed by atoms with Crippen molar-refractivity contribution in [3.05, 3.63) is 65.4 Å². The van der Waals surface area contributed by atoms with E-state index in [2.05, 4.69) is 39.8 Å². The smallest absolute Gasteiger partial charge is 0.156 e. The molecule has 0 bridgehead atoms. The van der Waals surface area contributed by atoms with Crippen LogP contribution >= 0.6 is 0 Å². The number of benzene rings is 2. The van der Waals surface area contributed by atoms with Crippen LogP contribution in [0.15, 0.2) is 48.5 Å². The van der Waals surface area contributed by atoms with E-state index in [9.17, 15) is 0 Å². The minimum atomic E-state index is 0.557. The van der Waals surface area contributed by atoms with Gasteiger partial charge < -0.3 is 11.1 Å². The number of aryl methyl sites for hydroxylation is 1. The van der Waals surface area contributed by atoms with E-state index in [4.69, 9.17) is 5.73 Å². The molecule has 4 heteroatoms. The first-order chi connectivity index (χ1) is 10.3. The predicted octanol–water partition coefficient (Wildman–Crippen LogP) is 3.01. The summed E-state index contributed by atoms with van der Waals surface area (Å²) in [5.41, 5.74) is 8.94. The minimum absolute atomic E-state index is 0.557. The fraction of sp³-hybridized carbons (Fsp3) is 0.176. The summed E-state index contributed by atoms with van der Waals surface area (Å²) in [5, 5.41) is 14.1. The Morgan fingerprint density at radius 2 is 1.71 bits per heavy atom. The summed E-state index contributed by atoms with van der Waals surface area (Å²) in [6, 6.07) is 16.4. The molecule has 0 fully saturated rings. The maximum absolute atomic E-state index is 5.67. The number of rotatable bonds is 4. The SMILES string of the molecule is Cc1nnc(NCc2cccc(CN)c2)c2ccccc12. The van der Waals surface area contributed by atoms with Gasteiger partial charge in [0, 0.05) is 23.9 Å². The average Bonchev–Trinajstić information content (AvgIpc) is 2.55. The summed E-state index contributed by atoms with van der Waals surface area (Å²) < 4.78 is 0. The molecule has 0 aliphatic rings. The van der Waals surface area contributed by atoms with Gasteiger partial charge in [-0.05, 0) is 18.1 Å². The second-order valence-electron chi connectivity index (χ2n) is 5.06. The molecule has 0 spiro atoms. The van der Waals surface area contributed by atoms with Crippen molar-refractivity contribution < 1.29 is 0 Å². The summed E-state index contributed by atoms with van der Waals surface area (Å²) in [6.45, 7) is 3.24. The molecule has 0 aliphatic carbocycles. The largest absolute Gasteiger partial charge is 0.364 e. The highest BCUT2D eigenvalue weighted by Gasteiger charge is 2.05. The summed E-state index contributed by atoms with van der Waals surface area (Å²) in [5.74, 6) is 0.814. The van der Waals surface area contributed by atoms with E-state index in [1.807, 2.05) is 31.2 Å².